The Labute approximate surface area is 194 Å². The number of carbonyl (C=O) groups excluding carboxylic acids is 1. The third-order valence-electron chi connectivity index (χ3n) is 6.01. The third-order valence-corrected chi connectivity index (χ3v) is 6.25. The highest BCUT2D eigenvalue weighted by molar-refractivity contribution is 6.30. The predicted molar refractivity (Wildman–Crippen MR) is 131 cm³/mol. The number of nitrogens with zero attached hydrogens (tertiary/aromatic N) is 3. The molecule has 0 saturated heterocycles. The summed E-state index contributed by atoms with van der Waals surface area (Å²) in [5.74, 6) is 0.917. The van der Waals surface area contributed by atoms with Crippen molar-refractivity contribution in [1.29, 1.82) is 0 Å². The van der Waals surface area contributed by atoms with E-state index in [1.807, 2.05) is 68.6 Å². The third kappa shape index (κ3) is 4.56. The smallest absolute Gasteiger partial charge is 0.245 e. The lowest BCUT2D eigenvalue weighted by Gasteiger charge is -2.24. The van der Waals surface area contributed by atoms with Crippen LogP contribution in [0.3, 0.4) is 0 Å². The second-order valence-corrected chi connectivity index (χ2v) is 8.92. The van der Waals surface area contributed by atoms with Crippen molar-refractivity contribution in [2.24, 2.45) is 0 Å². The number of fused-ring (bicyclic) bond motifs is 1. The van der Waals surface area contributed by atoms with Gasteiger partial charge in [0.15, 0.2) is 0 Å². The minimum atomic E-state index is -0.384. The summed E-state index contributed by atoms with van der Waals surface area (Å²) in [6, 6.07) is 21.7. The molecule has 4 rings (SSSR count). The quantitative estimate of drug-likeness (QED) is 0.358. The molecule has 0 radical (unpaired) electrons. The van der Waals surface area contributed by atoms with Crippen LogP contribution >= 0.6 is 11.6 Å². The maximum absolute atomic E-state index is 13.5. The number of aromatic nitrogens is 2. The first-order valence-electron chi connectivity index (χ1n) is 10.8. The van der Waals surface area contributed by atoms with Gasteiger partial charge in [-0.1, -0.05) is 54.1 Å². The zero-order valence-electron chi connectivity index (χ0n) is 19.0. The van der Waals surface area contributed by atoms with Crippen molar-refractivity contribution in [3.05, 3.63) is 99.8 Å². The number of amides is 1. The number of likely N-dealkylation sites (N-methyl/N-ethyl adjacent to an activating group) is 1. The lowest BCUT2D eigenvalue weighted by atomic mass is 10.1. The van der Waals surface area contributed by atoms with Gasteiger partial charge in [0, 0.05) is 25.0 Å². The molecule has 0 bridgehead atoms. The Morgan fingerprint density at radius 2 is 1.69 bits per heavy atom. The number of benzene rings is 3. The fourth-order valence-electron chi connectivity index (χ4n) is 4.15. The molecule has 0 fully saturated rings. The molecule has 0 aliphatic heterocycles. The number of hydrogen-bond donors (Lipinski definition) is 0. The highest BCUT2D eigenvalue weighted by Gasteiger charge is 2.25. The molecule has 1 atom stereocenters. The first-order chi connectivity index (χ1) is 15.3. The molecule has 3 aromatic carbocycles. The Morgan fingerprint density at radius 1 is 1.00 bits per heavy atom. The van der Waals surface area contributed by atoms with E-state index in [1.54, 1.807) is 4.90 Å². The van der Waals surface area contributed by atoms with Gasteiger partial charge in [-0.15, -0.1) is 0 Å². The molecule has 5 heteroatoms. The number of halogens is 1. The van der Waals surface area contributed by atoms with E-state index in [4.69, 9.17) is 16.6 Å². The van der Waals surface area contributed by atoms with Crippen LogP contribution in [0, 0.1) is 13.8 Å². The number of aryl methyl sites for hydroxylation is 2. The molecular formula is C27H28ClN3O. The molecule has 0 saturated carbocycles. The van der Waals surface area contributed by atoms with Gasteiger partial charge < -0.3 is 9.47 Å². The van der Waals surface area contributed by atoms with Crippen LogP contribution in [0.25, 0.3) is 11.0 Å². The molecule has 0 spiro atoms. The van der Waals surface area contributed by atoms with Crippen molar-refractivity contribution in [3.63, 3.8) is 0 Å². The highest BCUT2D eigenvalue weighted by Crippen LogP contribution is 2.27. The second-order valence-electron chi connectivity index (χ2n) is 8.49. The summed E-state index contributed by atoms with van der Waals surface area (Å²) in [6.45, 7) is 6.71. The van der Waals surface area contributed by atoms with Crippen LogP contribution in [-0.4, -0.2) is 27.4 Å². The number of carbonyl (C=O) groups is 1. The summed E-state index contributed by atoms with van der Waals surface area (Å²) < 4.78 is 2.09. The Kier molecular flexibility index (Phi) is 6.33. The molecule has 32 heavy (non-hydrogen) atoms. The van der Waals surface area contributed by atoms with Crippen LogP contribution in [0.4, 0.5) is 0 Å². The topological polar surface area (TPSA) is 38.1 Å². The van der Waals surface area contributed by atoms with E-state index in [0.717, 1.165) is 28.0 Å². The van der Waals surface area contributed by atoms with Crippen molar-refractivity contribution >= 4 is 28.5 Å². The molecule has 0 aliphatic rings. The molecule has 0 unspecified atom stereocenters. The van der Waals surface area contributed by atoms with Gasteiger partial charge in [-0.3, -0.25) is 4.79 Å². The van der Waals surface area contributed by atoms with Crippen LogP contribution in [-0.2, 0) is 17.8 Å². The fraction of sp³-hybridized carbons (Fsp3) is 0.259. The number of hydrogen-bond acceptors (Lipinski definition) is 2. The van der Waals surface area contributed by atoms with Crippen LogP contribution in [0.2, 0.25) is 5.02 Å². The largest absolute Gasteiger partial charge is 0.340 e. The molecule has 0 N–H and O–H groups in total. The monoisotopic (exact) mass is 445 g/mol. The lowest BCUT2D eigenvalue weighted by molar-refractivity contribution is -0.133. The maximum atomic E-state index is 13.5. The fourth-order valence-corrected chi connectivity index (χ4v) is 4.36. The van der Waals surface area contributed by atoms with Gasteiger partial charge in [0.1, 0.15) is 11.9 Å². The Hall–Kier alpha value is -3.11. The van der Waals surface area contributed by atoms with Crippen LogP contribution in [0.1, 0.15) is 41.0 Å². The SMILES string of the molecule is Cc1cc2nc(Cc3cccc(Cl)c3)n([C@@H](C)C(=O)N(C)Cc3ccccc3)c2cc1C. The van der Waals surface area contributed by atoms with Crippen molar-refractivity contribution in [3.8, 4) is 0 Å². The lowest BCUT2D eigenvalue weighted by Crippen LogP contribution is -2.33. The van der Waals surface area contributed by atoms with Crippen molar-refractivity contribution < 1.29 is 4.79 Å². The molecular weight excluding hydrogens is 418 g/mol. The van der Waals surface area contributed by atoms with Gasteiger partial charge >= 0.3 is 0 Å². The molecule has 4 aromatic rings. The minimum Gasteiger partial charge on any atom is -0.340 e. The van der Waals surface area contributed by atoms with Gasteiger partial charge in [-0.2, -0.15) is 0 Å². The molecule has 1 aromatic heterocycles. The molecule has 4 nitrogen and oxygen atoms in total. The summed E-state index contributed by atoms with van der Waals surface area (Å²) >= 11 is 6.21. The molecule has 164 valence electrons. The molecule has 1 amide bonds. The summed E-state index contributed by atoms with van der Waals surface area (Å²) in [5.41, 5.74) is 6.45. The second kappa shape index (κ2) is 9.17. The minimum absolute atomic E-state index is 0.0544. The van der Waals surface area contributed by atoms with Gasteiger partial charge in [0.25, 0.3) is 0 Å². The van der Waals surface area contributed by atoms with Crippen molar-refractivity contribution in [2.45, 2.75) is 39.8 Å². The average molecular weight is 446 g/mol. The normalized spacial score (nSPS) is 12.2. The van der Waals surface area contributed by atoms with E-state index >= 15 is 0 Å². The van der Waals surface area contributed by atoms with E-state index < -0.39 is 0 Å². The van der Waals surface area contributed by atoms with Gasteiger partial charge in [-0.05, 0) is 67.3 Å². The summed E-state index contributed by atoms with van der Waals surface area (Å²) in [7, 11) is 1.86. The summed E-state index contributed by atoms with van der Waals surface area (Å²) in [4.78, 5) is 20.2. The highest BCUT2D eigenvalue weighted by atomic mass is 35.5. The van der Waals surface area contributed by atoms with Gasteiger partial charge in [0.05, 0.1) is 11.0 Å². The first-order valence-corrected chi connectivity index (χ1v) is 11.2. The Bertz CT molecular complexity index is 1260. The van der Waals surface area contributed by atoms with Crippen molar-refractivity contribution in [2.75, 3.05) is 7.05 Å². The molecule has 0 aliphatic carbocycles. The van der Waals surface area contributed by atoms with Crippen LogP contribution in [0.5, 0.6) is 0 Å². The van der Waals surface area contributed by atoms with E-state index in [9.17, 15) is 4.79 Å². The zero-order valence-corrected chi connectivity index (χ0v) is 19.7. The van der Waals surface area contributed by atoms with E-state index in [1.165, 1.54) is 11.1 Å². The number of imidazole rings is 1. The number of rotatable bonds is 6. The Morgan fingerprint density at radius 3 is 2.41 bits per heavy atom. The predicted octanol–water partition coefficient (Wildman–Crippen LogP) is 6.12. The summed E-state index contributed by atoms with van der Waals surface area (Å²) in [6.07, 6.45) is 0.605. The van der Waals surface area contributed by atoms with E-state index in [2.05, 4.69) is 30.5 Å². The van der Waals surface area contributed by atoms with Crippen LogP contribution < -0.4 is 0 Å². The van der Waals surface area contributed by atoms with Gasteiger partial charge in [-0.25, -0.2) is 4.98 Å². The van der Waals surface area contributed by atoms with E-state index in [0.29, 0.717) is 18.0 Å². The maximum Gasteiger partial charge on any atom is 0.245 e. The zero-order chi connectivity index (χ0) is 22.8. The molecule has 1 heterocycles. The van der Waals surface area contributed by atoms with Gasteiger partial charge in [0.2, 0.25) is 5.91 Å². The van der Waals surface area contributed by atoms with E-state index in [-0.39, 0.29) is 11.9 Å². The Balaban J connectivity index is 1.73. The average Bonchev–Trinajstić information content (AvgIpc) is 3.10. The van der Waals surface area contributed by atoms with Crippen molar-refractivity contribution in [1.82, 2.24) is 14.5 Å². The first kappa shape index (κ1) is 22.1. The van der Waals surface area contributed by atoms with Crippen LogP contribution in [0.15, 0.2) is 66.7 Å². The summed E-state index contributed by atoms with van der Waals surface area (Å²) in [5, 5.41) is 0.698. The standard InChI is InChI=1S/C27H28ClN3O/c1-18-13-24-25(14-19(18)2)31(26(29-24)16-22-11-8-12-23(28)15-22)20(3)27(32)30(4)17-21-9-6-5-7-10-21/h5-15,20H,16-17H2,1-4H3/t20-/m0/s1.